The number of rotatable bonds is 4. The fourth-order valence-corrected chi connectivity index (χ4v) is 2.66. The van der Waals surface area contributed by atoms with Gasteiger partial charge in [-0.1, -0.05) is 24.6 Å². The van der Waals surface area contributed by atoms with Crippen LogP contribution in [0.4, 0.5) is 13.2 Å². The highest BCUT2D eigenvalue weighted by Gasteiger charge is 2.27. The van der Waals surface area contributed by atoms with Crippen LogP contribution in [0.2, 0.25) is 5.15 Å². The highest BCUT2D eigenvalue weighted by Crippen LogP contribution is 2.34. The molecule has 3 aromatic rings. The Labute approximate surface area is 147 Å². The van der Waals surface area contributed by atoms with Crippen molar-refractivity contribution >= 4 is 11.6 Å². The van der Waals surface area contributed by atoms with Crippen LogP contribution < -0.4 is 0 Å². The molecule has 2 heterocycles. The standard InChI is InChI=1S/C15H12ClF2N5.CH3F/c1-9(13-5-14(16)21-7-20-13)15(23-8-19-6-22-23)11-3-2-10(17)4-12(11)18;1-2/h2-9,15H,1H3;1H3. The minimum atomic E-state index is -0.655. The van der Waals surface area contributed by atoms with Crippen molar-refractivity contribution in [3.63, 3.8) is 0 Å². The molecule has 132 valence electrons. The van der Waals surface area contributed by atoms with Crippen molar-refractivity contribution < 1.29 is 13.2 Å². The zero-order chi connectivity index (χ0) is 18.4. The molecule has 3 rings (SSSR count). The third-order valence-corrected chi connectivity index (χ3v) is 3.80. The van der Waals surface area contributed by atoms with E-state index in [9.17, 15) is 13.2 Å². The number of hydrogen-bond acceptors (Lipinski definition) is 4. The molecule has 0 N–H and O–H groups in total. The van der Waals surface area contributed by atoms with E-state index < -0.39 is 17.7 Å². The lowest BCUT2D eigenvalue weighted by Crippen LogP contribution is -2.20. The summed E-state index contributed by atoms with van der Waals surface area (Å²) in [5.41, 5.74) is 0.911. The van der Waals surface area contributed by atoms with E-state index >= 15 is 0 Å². The van der Waals surface area contributed by atoms with Crippen molar-refractivity contribution in [3.8, 4) is 0 Å². The summed E-state index contributed by atoms with van der Waals surface area (Å²) in [7, 11) is 0.500. The Hall–Kier alpha value is -2.48. The highest BCUT2D eigenvalue weighted by atomic mass is 35.5. The molecule has 0 amide bonds. The molecule has 1 aromatic carbocycles. The van der Waals surface area contributed by atoms with Gasteiger partial charge in [0.2, 0.25) is 0 Å². The van der Waals surface area contributed by atoms with Crippen LogP contribution in [0.3, 0.4) is 0 Å². The first-order valence-corrected chi connectivity index (χ1v) is 7.58. The van der Waals surface area contributed by atoms with Gasteiger partial charge in [0.05, 0.1) is 18.9 Å². The second kappa shape index (κ2) is 8.57. The van der Waals surface area contributed by atoms with Crippen molar-refractivity contribution in [2.75, 3.05) is 7.18 Å². The van der Waals surface area contributed by atoms with E-state index in [2.05, 4.69) is 20.1 Å². The van der Waals surface area contributed by atoms with Crippen LogP contribution in [0.25, 0.3) is 0 Å². The van der Waals surface area contributed by atoms with Crippen LogP contribution in [0, 0.1) is 11.6 Å². The minimum absolute atomic E-state index is 0.291. The summed E-state index contributed by atoms with van der Waals surface area (Å²) in [5.74, 6) is -1.59. The molecule has 0 radical (unpaired) electrons. The van der Waals surface area contributed by atoms with Gasteiger partial charge in [-0.15, -0.1) is 0 Å². The molecular formula is C16H15ClF3N5. The zero-order valence-electron chi connectivity index (χ0n) is 13.4. The fraction of sp³-hybridized carbons (Fsp3) is 0.250. The van der Waals surface area contributed by atoms with Crippen LogP contribution in [0.1, 0.15) is 30.1 Å². The third-order valence-electron chi connectivity index (χ3n) is 3.60. The lowest BCUT2D eigenvalue weighted by atomic mass is 9.91. The molecular weight excluding hydrogens is 355 g/mol. The van der Waals surface area contributed by atoms with Crippen LogP contribution in [0.15, 0.2) is 43.2 Å². The number of alkyl halides is 1. The van der Waals surface area contributed by atoms with Crippen molar-refractivity contribution in [2.45, 2.75) is 18.9 Å². The molecule has 0 spiro atoms. The van der Waals surface area contributed by atoms with E-state index in [0.717, 1.165) is 6.07 Å². The second-order valence-electron chi connectivity index (χ2n) is 5.04. The molecule has 0 bridgehead atoms. The molecule has 2 aromatic heterocycles. The first-order chi connectivity index (χ1) is 12.1. The second-order valence-corrected chi connectivity index (χ2v) is 5.43. The van der Waals surface area contributed by atoms with Gasteiger partial charge in [-0.3, -0.25) is 4.39 Å². The van der Waals surface area contributed by atoms with E-state index in [4.69, 9.17) is 11.6 Å². The van der Waals surface area contributed by atoms with Gasteiger partial charge in [0.1, 0.15) is 35.8 Å². The maximum atomic E-state index is 14.3. The lowest BCUT2D eigenvalue weighted by molar-refractivity contribution is 0.427. The van der Waals surface area contributed by atoms with E-state index in [1.54, 1.807) is 6.07 Å². The Balaban J connectivity index is 0.00000109. The molecule has 0 saturated carbocycles. The predicted octanol–water partition coefficient (Wildman–Crippen LogP) is 3.98. The number of nitrogens with zero attached hydrogens (tertiary/aromatic N) is 5. The molecule has 9 heteroatoms. The minimum Gasteiger partial charge on any atom is -0.255 e. The average molecular weight is 370 g/mol. The van der Waals surface area contributed by atoms with E-state index in [1.165, 1.54) is 35.8 Å². The van der Waals surface area contributed by atoms with Gasteiger partial charge < -0.3 is 0 Å². The first kappa shape index (κ1) is 18.9. The Bertz CT molecular complexity index is 813. The lowest BCUT2D eigenvalue weighted by Gasteiger charge is -2.24. The summed E-state index contributed by atoms with van der Waals surface area (Å²) in [5, 5.41) is 4.38. The molecule has 0 aliphatic carbocycles. The topological polar surface area (TPSA) is 56.5 Å². The van der Waals surface area contributed by atoms with Gasteiger partial charge in [0, 0.05) is 17.5 Å². The summed E-state index contributed by atoms with van der Waals surface area (Å²) in [6, 6.07) is 4.51. The van der Waals surface area contributed by atoms with Crippen molar-refractivity contribution in [1.29, 1.82) is 0 Å². The number of hydrogen-bond donors (Lipinski definition) is 0. The number of halogens is 4. The zero-order valence-corrected chi connectivity index (χ0v) is 14.2. The first-order valence-electron chi connectivity index (χ1n) is 7.20. The quantitative estimate of drug-likeness (QED) is 0.653. The Morgan fingerprint density at radius 3 is 2.44 bits per heavy atom. The van der Waals surface area contributed by atoms with Crippen LogP contribution in [-0.4, -0.2) is 31.9 Å². The predicted molar refractivity (Wildman–Crippen MR) is 87.0 cm³/mol. The molecule has 0 fully saturated rings. The highest BCUT2D eigenvalue weighted by molar-refractivity contribution is 6.29. The Morgan fingerprint density at radius 1 is 1.08 bits per heavy atom. The number of benzene rings is 1. The maximum Gasteiger partial charge on any atom is 0.137 e. The summed E-state index contributed by atoms with van der Waals surface area (Å²) < 4.78 is 38.5. The largest absolute Gasteiger partial charge is 0.255 e. The SMILES string of the molecule is CC(c1cc(Cl)ncn1)C(c1ccc(F)cc1F)n1cncn1.CF. The van der Waals surface area contributed by atoms with E-state index in [0.29, 0.717) is 23.6 Å². The van der Waals surface area contributed by atoms with Gasteiger partial charge in [-0.05, 0) is 12.1 Å². The summed E-state index contributed by atoms with van der Waals surface area (Å²) in [6.07, 6.45) is 4.18. The summed E-state index contributed by atoms with van der Waals surface area (Å²) in [6.45, 7) is 1.85. The number of aromatic nitrogens is 5. The van der Waals surface area contributed by atoms with Gasteiger partial charge in [-0.25, -0.2) is 28.4 Å². The van der Waals surface area contributed by atoms with Crippen LogP contribution in [-0.2, 0) is 0 Å². The van der Waals surface area contributed by atoms with Gasteiger partial charge in [-0.2, -0.15) is 5.10 Å². The van der Waals surface area contributed by atoms with Gasteiger partial charge in [0.15, 0.2) is 0 Å². The molecule has 2 unspecified atom stereocenters. The molecule has 0 saturated heterocycles. The normalized spacial score (nSPS) is 12.9. The maximum absolute atomic E-state index is 14.3. The van der Waals surface area contributed by atoms with E-state index in [1.807, 2.05) is 6.92 Å². The van der Waals surface area contributed by atoms with E-state index in [-0.39, 0.29) is 5.92 Å². The van der Waals surface area contributed by atoms with Crippen LogP contribution >= 0.6 is 11.6 Å². The van der Waals surface area contributed by atoms with Crippen molar-refractivity contribution in [3.05, 3.63) is 71.3 Å². The molecule has 25 heavy (non-hydrogen) atoms. The smallest absolute Gasteiger partial charge is 0.137 e. The third kappa shape index (κ3) is 4.33. The van der Waals surface area contributed by atoms with Gasteiger partial charge in [0.25, 0.3) is 0 Å². The molecule has 0 aliphatic heterocycles. The Kier molecular flexibility index (Phi) is 6.46. The molecule has 0 aliphatic rings. The monoisotopic (exact) mass is 369 g/mol. The average Bonchev–Trinajstić information content (AvgIpc) is 3.13. The van der Waals surface area contributed by atoms with Crippen molar-refractivity contribution in [2.24, 2.45) is 0 Å². The fourth-order valence-electron chi connectivity index (χ4n) is 2.50. The van der Waals surface area contributed by atoms with Crippen LogP contribution in [0.5, 0.6) is 0 Å². The summed E-state index contributed by atoms with van der Waals surface area (Å²) >= 11 is 5.91. The van der Waals surface area contributed by atoms with Crippen molar-refractivity contribution in [1.82, 2.24) is 24.7 Å². The molecule has 5 nitrogen and oxygen atoms in total. The summed E-state index contributed by atoms with van der Waals surface area (Å²) in [4.78, 5) is 11.9. The Morgan fingerprint density at radius 2 is 1.84 bits per heavy atom. The molecule has 2 atom stereocenters. The van der Waals surface area contributed by atoms with Gasteiger partial charge >= 0.3 is 0 Å².